The Morgan fingerprint density at radius 3 is 2.20 bits per heavy atom. The van der Waals surface area contributed by atoms with E-state index < -0.39 is 0 Å². The molecule has 1 aromatic rings. The minimum absolute atomic E-state index is 0.201. The van der Waals surface area contributed by atoms with Gasteiger partial charge in [-0.05, 0) is 11.7 Å². The Balaban J connectivity index is 3.40. The Morgan fingerprint density at radius 1 is 1.07 bits per heavy atom. The van der Waals surface area contributed by atoms with Crippen LogP contribution in [0.4, 0.5) is 0 Å². The number of rotatable bonds is 5. The van der Waals surface area contributed by atoms with Crippen molar-refractivity contribution in [1.29, 1.82) is 0 Å². The predicted octanol–water partition coefficient (Wildman–Crippen LogP) is 2.65. The average Bonchev–Trinajstić information content (AvgIpc) is 2.28. The van der Waals surface area contributed by atoms with Crippen molar-refractivity contribution < 1.29 is 14.4 Å². The molecule has 0 N–H and O–H groups in total. The molecule has 1 rings (SSSR count). The molecule has 0 heterocycles. The van der Waals surface area contributed by atoms with Gasteiger partial charge < -0.3 is 0 Å². The lowest BCUT2D eigenvalue weighted by molar-refractivity contribution is 0.108. The Labute approximate surface area is 102 Å². The third-order valence-electron chi connectivity index (χ3n) is 2.03. The molecule has 0 spiro atoms. The summed E-state index contributed by atoms with van der Waals surface area (Å²) in [5.74, 6) is 0. The minimum atomic E-state index is 0.201. The Bertz CT molecular complexity index is 404. The van der Waals surface area contributed by atoms with Gasteiger partial charge in [0.25, 0.3) is 0 Å². The zero-order chi connectivity index (χ0) is 11.3. The molecule has 0 radical (unpaired) electrons. The van der Waals surface area contributed by atoms with Crippen LogP contribution >= 0.6 is 28.3 Å². The van der Waals surface area contributed by atoms with E-state index in [0.29, 0.717) is 30.6 Å². The van der Waals surface area contributed by atoms with Crippen molar-refractivity contribution in [2.75, 3.05) is 0 Å². The lowest BCUT2D eigenvalue weighted by atomic mass is 9.99. The Kier molecular flexibility index (Phi) is 5.05. The van der Waals surface area contributed by atoms with E-state index >= 15 is 0 Å². The van der Waals surface area contributed by atoms with E-state index in [1.165, 1.54) is 0 Å². The summed E-state index contributed by atoms with van der Waals surface area (Å²) in [6.07, 6.45) is 3.18. The van der Waals surface area contributed by atoms with Crippen molar-refractivity contribution in [3.63, 3.8) is 0 Å². The quantitative estimate of drug-likeness (QED) is 0.473. The molecule has 0 bridgehead atoms. The fourth-order valence-electron chi connectivity index (χ4n) is 1.30. The summed E-state index contributed by atoms with van der Waals surface area (Å²) in [7, 11) is 0. The van der Waals surface area contributed by atoms with Gasteiger partial charge in [-0.15, -0.1) is 0 Å². The van der Waals surface area contributed by atoms with E-state index in [2.05, 4.69) is 22.0 Å². The summed E-state index contributed by atoms with van der Waals surface area (Å²) in [6.45, 7) is 0. The largest absolute Gasteiger partial charge is 0.298 e. The van der Waals surface area contributed by atoms with Crippen LogP contribution in [0.25, 0.3) is 0 Å². The number of halogens is 1. The summed E-state index contributed by atoms with van der Waals surface area (Å²) in [6, 6.07) is 3.31. The summed E-state index contributed by atoms with van der Waals surface area (Å²) in [5.41, 5.74) is 1.64. The van der Waals surface area contributed by atoms with Crippen LogP contribution < -0.4 is 0 Å². The molecule has 0 saturated carbocycles. The van der Waals surface area contributed by atoms with Crippen molar-refractivity contribution in [3.05, 3.63) is 34.4 Å². The third kappa shape index (κ3) is 2.69. The van der Waals surface area contributed by atoms with Crippen LogP contribution in [0.3, 0.4) is 0 Å². The molecule has 1 unspecified atom stereocenters. The van der Waals surface area contributed by atoms with Crippen LogP contribution in [-0.2, 0) is 6.16 Å². The van der Waals surface area contributed by atoms with E-state index in [1.54, 1.807) is 12.1 Å². The van der Waals surface area contributed by atoms with Gasteiger partial charge in [-0.2, -0.15) is 0 Å². The van der Waals surface area contributed by atoms with Gasteiger partial charge in [-0.25, -0.2) is 0 Å². The molecule has 0 amide bonds. The molecule has 3 nitrogen and oxygen atoms in total. The minimum Gasteiger partial charge on any atom is -0.298 e. The van der Waals surface area contributed by atoms with Crippen molar-refractivity contribution in [1.82, 2.24) is 0 Å². The molecule has 0 aliphatic rings. The van der Waals surface area contributed by atoms with Crippen molar-refractivity contribution >= 4 is 47.1 Å². The summed E-state index contributed by atoms with van der Waals surface area (Å²) < 4.78 is 0. The van der Waals surface area contributed by atoms with Crippen LogP contribution in [0.1, 0.15) is 36.6 Å². The lowest BCUT2D eigenvalue weighted by Crippen LogP contribution is -2.01. The predicted molar refractivity (Wildman–Crippen MR) is 68.6 cm³/mol. The van der Waals surface area contributed by atoms with E-state index in [-0.39, 0.29) is 11.1 Å². The van der Waals surface area contributed by atoms with Crippen LogP contribution in [-0.4, -0.2) is 18.9 Å². The number of hydrogen-bond acceptors (Lipinski definition) is 3. The Hall–Kier alpha value is -0.610. The van der Waals surface area contributed by atoms with Gasteiger partial charge in [0.15, 0.2) is 18.9 Å². The van der Waals surface area contributed by atoms with E-state index in [4.69, 9.17) is 0 Å². The SMILES string of the molecule is O=Cc1ccc(CPI)c(C=O)c1C=O. The first-order valence-electron chi connectivity index (χ1n) is 4.13. The summed E-state index contributed by atoms with van der Waals surface area (Å²) >= 11 is 2.22. The van der Waals surface area contributed by atoms with Crippen LogP contribution in [0.5, 0.6) is 0 Å². The number of benzene rings is 1. The molecule has 0 saturated heterocycles. The summed E-state index contributed by atoms with van der Waals surface area (Å²) in [5, 5.41) is 0. The highest BCUT2D eigenvalue weighted by molar-refractivity contribution is 14.2. The highest BCUT2D eigenvalue weighted by Gasteiger charge is 2.11. The summed E-state index contributed by atoms with van der Waals surface area (Å²) in [4.78, 5) is 32.3. The fourth-order valence-corrected chi connectivity index (χ4v) is 2.98. The molecule has 15 heavy (non-hydrogen) atoms. The van der Waals surface area contributed by atoms with Crippen molar-refractivity contribution in [2.45, 2.75) is 6.16 Å². The van der Waals surface area contributed by atoms with Gasteiger partial charge in [-0.1, -0.05) is 40.4 Å². The average molecular weight is 334 g/mol. The zero-order valence-electron chi connectivity index (χ0n) is 7.70. The number of aldehydes is 3. The monoisotopic (exact) mass is 334 g/mol. The highest BCUT2D eigenvalue weighted by Crippen LogP contribution is 2.29. The highest BCUT2D eigenvalue weighted by atomic mass is 127. The molecular weight excluding hydrogens is 326 g/mol. The molecule has 0 aliphatic carbocycles. The maximum Gasteiger partial charge on any atom is 0.151 e. The molecule has 5 heteroatoms. The lowest BCUT2D eigenvalue weighted by Gasteiger charge is -2.06. The van der Waals surface area contributed by atoms with E-state index in [9.17, 15) is 14.4 Å². The Morgan fingerprint density at radius 2 is 1.73 bits per heavy atom. The van der Waals surface area contributed by atoms with Gasteiger partial charge in [0.05, 0.1) is 0 Å². The standard InChI is InChI=1S/C10H8IO3P/c11-15-6-8-2-1-7(3-12)9(4-13)10(8)5-14/h1-5,15H,6H2. The van der Waals surface area contributed by atoms with E-state index in [0.717, 1.165) is 11.7 Å². The second kappa shape index (κ2) is 6.08. The number of carbonyl (C=O) groups is 3. The van der Waals surface area contributed by atoms with Crippen molar-refractivity contribution in [3.8, 4) is 0 Å². The fraction of sp³-hybridized carbons (Fsp3) is 0.100. The smallest absolute Gasteiger partial charge is 0.151 e. The first-order valence-corrected chi connectivity index (χ1v) is 8.45. The normalized spacial score (nSPS) is 10.5. The first kappa shape index (κ1) is 12.5. The molecule has 78 valence electrons. The maximum atomic E-state index is 10.9. The maximum absolute atomic E-state index is 10.9. The number of hydrogen-bond donors (Lipinski definition) is 0. The van der Waals surface area contributed by atoms with Crippen molar-refractivity contribution in [2.24, 2.45) is 0 Å². The molecule has 0 aliphatic heterocycles. The van der Waals surface area contributed by atoms with Crippen LogP contribution in [0.15, 0.2) is 12.1 Å². The molecule has 1 aromatic carbocycles. The topological polar surface area (TPSA) is 51.2 Å². The number of carbonyl (C=O) groups excluding carboxylic acids is 3. The third-order valence-corrected chi connectivity index (χ3v) is 3.69. The second-order valence-corrected chi connectivity index (χ2v) is 5.71. The first-order chi connectivity index (χ1) is 7.28. The second-order valence-electron chi connectivity index (χ2n) is 2.81. The molecular formula is C10H8IO3P. The van der Waals surface area contributed by atoms with Gasteiger partial charge in [0.2, 0.25) is 0 Å². The van der Waals surface area contributed by atoms with Gasteiger partial charge >= 0.3 is 0 Å². The van der Waals surface area contributed by atoms with Gasteiger partial charge in [-0.3, -0.25) is 14.4 Å². The van der Waals surface area contributed by atoms with Gasteiger partial charge in [0, 0.05) is 16.7 Å². The molecule has 0 fully saturated rings. The zero-order valence-corrected chi connectivity index (χ0v) is 10.9. The molecule has 0 aromatic heterocycles. The van der Waals surface area contributed by atoms with E-state index in [1.807, 2.05) is 0 Å². The van der Waals surface area contributed by atoms with Gasteiger partial charge in [0.1, 0.15) is 0 Å². The van der Waals surface area contributed by atoms with Crippen LogP contribution in [0.2, 0.25) is 0 Å². The van der Waals surface area contributed by atoms with Crippen LogP contribution in [0, 0.1) is 0 Å². The molecule has 1 atom stereocenters.